The van der Waals surface area contributed by atoms with E-state index in [0.29, 0.717) is 6.04 Å². The summed E-state index contributed by atoms with van der Waals surface area (Å²) in [4.78, 5) is 3.98. The van der Waals surface area contributed by atoms with Crippen molar-refractivity contribution in [2.45, 2.75) is 18.9 Å². The van der Waals surface area contributed by atoms with Gasteiger partial charge in [-0.05, 0) is 31.5 Å². The van der Waals surface area contributed by atoms with Crippen LogP contribution in [0.1, 0.15) is 12.8 Å². The van der Waals surface area contributed by atoms with Gasteiger partial charge in [0.15, 0.2) is 0 Å². The normalized spacial score (nSPS) is 18.8. The van der Waals surface area contributed by atoms with Crippen LogP contribution in [-0.2, 0) is 0 Å². The monoisotopic (exact) mass is 250 g/mol. The smallest absolute Gasteiger partial charge is 0.137 e. The molecular weight excluding hydrogens is 235 g/mol. The molecule has 0 aliphatic carbocycles. The van der Waals surface area contributed by atoms with Crippen molar-refractivity contribution in [1.82, 2.24) is 10.3 Å². The van der Waals surface area contributed by atoms with Crippen molar-refractivity contribution in [2.75, 3.05) is 13.2 Å². The number of rotatable bonds is 3. The lowest BCUT2D eigenvalue weighted by Gasteiger charge is -2.11. The summed E-state index contributed by atoms with van der Waals surface area (Å²) in [6.45, 7) is 1.88. The van der Waals surface area contributed by atoms with Gasteiger partial charge in [-0.2, -0.15) is 0 Å². The minimum atomic E-state index is 0. The van der Waals surface area contributed by atoms with Gasteiger partial charge in [0.05, 0.1) is 6.20 Å². The van der Waals surface area contributed by atoms with E-state index in [0.717, 1.165) is 18.9 Å². The lowest BCUT2D eigenvalue weighted by molar-refractivity contribution is 0.276. The van der Waals surface area contributed by atoms with Gasteiger partial charge in [-0.25, -0.2) is 0 Å². The van der Waals surface area contributed by atoms with Crippen LogP contribution in [0.2, 0.25) is 0 Å². The molecule has 3 nitrogen and oxygen atoms in total. The van der Waals surface area contributed by atoms with Crippen molar-refractivity contribution in [3.05, 3.63) is 24.5 Å². The number of nitrogens with zero attached hydrogens (tertiary/aromatic N) is 1. The summed E-state index contributed by atoms with van der Waals surface area (Å²) in [7, 11) is 0. The summed E-state index contributed by atoms with van der Waals surface area (Å²) in [6, 6.07) is 4.35. The molecular formula is C10H16Cl2N2O. The Hall–Kier alpha value is -0.510. The third kappa shape index (κ3) is 4.69. The van der Waals surface area contributed by atoms with E-state index in [1.54, 1.807) is 12.4 Å². The average Bonchev–Trinajstić information content (AvgIpc) is 2.69. The first-order valence-corrected chi connectivity index (χ1v) is 4.71. The molecule has 1 saturated heterocycles. The molecule has 0 radical (unpaired) electrons. The van der Waals surface area contributed by atoms with E-state index < -0.39 is 0 Å². The van der Waals surface area contributed by atoms with E-state index in [1.165, 1.54) is 12.8 Å². The molecule has 0 saturated carbocycles. The Bertz CT molecular complexity index is 253. The van der Waals surface area contributed by atoms with Crippen LogP contribution in [0.4, 0.5) is 0 Å². The van der Waals surface area contributed by atoms with Crippen molar-refractivity contribution >= 4 is 24.8 Å². The van der Waals surface area contributed by atoms with Crippen LogP contribution >= 0.6 is 24.8 Å². The van der Waals surface area contributed by atoms with Gasteiger partial charge < -0.3 is 10.1 Å². The maximum absolute atomic E-state index is 5.56. The number of hydrogen-bond acceptors (Lipinski definition) is 3. The fourth-order valence-electron chi connectivity index (χ4n) is 1.53. The zero-order valence-corrected chi connectivity index (χ0v) is 10.0. The molecule has 15 heavy (non-hydrogen) atoms. The highest BCUT2D eigenvalue weighted by Gasteiger charge is 2.13. The first-order chi connectivity index (χ1) is 6.45. The molecule has 2 heterocycles. The number of halogens is 2. The Morgan fingerprint density at radius 1 is 1.47 bits per heavy atom. The lowest BCUT2D eigenvalue weighted by atomic mass is 10.2. The molecule has 0 bridgehead atoms. The van der Waals surface area contributed by atoms with E-state index in [-0.39, 0.29) is 24.8 Å². The van der Waals surface area contributed by atoms with Crippen LogP contribution in [0.25, 0.3) is 0 Å². The SMILES string of the molecule is Cl.Cl.c1cncc(OC[C@H]2CCCN2)c1. The molecule has 1 N–H and O–H groups in total. The van der Waals surface area contributed by atoms with Crippen molar-refractivity contribution in [2.24, 2.45) is 0 Å². The Balaban J connectivity index is 0.000000980. The van der Waals surface area contributed by atoms with E-state index in [2.05, 4.69) is 10.3 Å². The van der Waals surface area contributed by atoms with Crippen LogP contribution in [0.15, 0.2) is 24.5 Å². The molecule has 5 heteroatoms. The van der Waals surface area contributed by atoms with Gasteiger partial charge in [0.2, 0.25) is 0 Å². The predicted molar refractivity (Wildman–Crippen MR) is 65.3 cm³/mol. The third-order valence-electron chi connectivity index (χ3n) is 2.25. The van der Waals surface area contributed by atoms with Gasteiger partial charge in [0.1, 0.15) is 12.4 Å². The largest absolute Gasteiger partial charge is 0.490 e. The minimum absolute atomic E-state index is 0. The predicted octanol–water partition coefficient (Wildman–Crippen LogP) is 2.06. The molecule has 0 amide bonds. The molecule has 0 spiro atoms. The summed E-state index contributed by atoms with van der Waals surface area (Å²) < 4.78 is 5.56. The third-order valence-corrected chi connectivity index (χ3v) is 2.25. The van der Waals surface area contributed by atoms with Crippen molar-refractivity contribution in [3.63, 3.8) is 0 Å². The molecule has 1 aliphatic heterocycles. The van der Waals surface area contributed by atoms with Crippen LogP contribution < -0.4 is 10.1 Å². The van der Waals surface area contributed by atoms with E-state index >= 15 is 0 Å². The summed E-state index contributed by atoms with van der Waals surface area (Å²) >= 11 is 0. The van der Waals surface area contributed by atoms with Crippen molar-refractivity contribution < 1.29 is 4.74 Å². The van der Waals surface area contributed by atoms with Crippen LogP contribution in [0, 0.1) is 0 Å². The summed E-state index contributed by atoms with van der Waals surface area (Å²) in [5.74, 6) is 0.858. The molecule has 2 rings (SSSR count). The van der Waals surface area contributed by atoms with Crippen LogP contribution in [0.5, 0.6) is 5.75 Å². The molecule has 0 aromatic carbocycles. The molecule has 1 aromatic rings. The number of hydrogen-bond donors (Lipinski definition) is 1. The van der Waals surface area contributed by atoms with E-state index in [4.69, 9.17) is 4.74 Å². The first kappa shape index (κ1) is 14.5. The molecule has 86 valence electrons. The summed E-state index contributed by atoms with van der Waals surface area (Å²) in [5, 5.41) is 3.38. The van der Waals surface area contributed by atoms with Crippen LogP contribution in [0.3, 0.4) is 0 Å². The molecule has 1 fully saturated rings. The first-order valence-electron chi connectivity index (χ1n) is 4.71. The second-order valence-electron chi connectivity index (χ2n) is 3.29. The van der Waals surface area contributed by atoms with Crippen molar-refractivity contribution in [3.8, 4) is 5.75 Å². The topological polar surface area (TPSA) is 34.1 Å². The average molecular weight is 251 g/mol. The van der Waals surface area contributed by atoms with E-state index in [9.17, 15) is 0 Å². The van der Waals surface area contributed by atoms with Crippen LogP contribution in [-0.4, -0.2) is 24.2 Å². The van der Waals surface area contributed by atoms with Gasteiger partial charge in [0.25, 0.3) is 0 Å². The fraction of sp³-hybridized carbons (Fsp3) is 0.500. The standard InChI is InChI=1S/C10H14N2O.2ClH/c1-3-9(12-6-1)8-13-10-4-2-5-11-7-10;;/h2,4-5,7,9,12H,1,3,6,8H2;2*1H/t9-;;/m1../s1. The maximum Gasteiger partial charge on any atom is 0.137 e. The highest BCUT2D eigenvalue weighted by atomic mass is 35.5. The number of ether oxygens (including phenoxy) is 1. The maximum atomic E-state index is 5.56. The quantitative estimate of drug-likeness (QED) is 0.892. The fourth-order valence-corrected chi connectivity index (χ4v) is 1.53. The van der Waals surface area contributed by atoms with Gasteiger partial charge in [0, 0.05) is 12.2 Å². The Labute approximate surface area is 102 Å². The highest BCUT2D eigenvalue weighted by Crippen LogP contribution is 2.10. The Morgan fingerprint density at radius 3 is 2.93 bits per heavy atom. The second-order valence-corrected chi connectivity index (χ2v) is 3.29. The Morgan fingerprint density at radius 2 is 2.33 bits per heavy atom. The number of pyridine rings is 1. The van der Waals surface area contributed by atoms with Gasteiger partial charge in [-0.1, -0.05) is 0 Å². The molecule has 1 atom stereocenters. The van der Waals surface area contributed by atoms with Crippen molar-refractivity contribution in [1.29, 1.82) is 0 Å². The molecule has 0 unspecified atom stereocenters. The van der Waals surface area contributed by atoms with E-state index in [1.807, 2.05) is 12.1 Å². The zero-order valence-electron chi connectivity index (χ0n) is 8.39. The Kier molecular flexibility index (Phi) is 7.48. The lowest BCUT2D eigenvalue weighted by Crippen LogP contribution is -2.28. The van der Waals surface area contributed by atoms with Gasteiger partial charge >= 0.3 is 0 Å². The van der Waals surface area contributed by atoms with Gasteiger partial charge in [-0.3, -0.25) is 4.98 Å². The highest BCUT2D eigenvalue weighted by molar-refractivity contribution is 5.85. The second kappa shape index (κ2) is 7.74. The number of nitrogens with one attached hydrogen (secondary N) is 1. The number of aromatic nitrogens is 1. The summed E-state index contributed by atoms with van der Waals surface area (Å²) in [6.07, 6.45) is 5.98. The summed E-state index contributed by atoms with van der Waals surface area (Å²) in [5.41, 5.74) is 0. The minimum Gasteiger partial charge on any atom is -0.490 e. The zero-order chi connectivity index (χ0) is 8.93. The van der Waals surface area contributed by atoms with Gasteiger partial charge in [-0.15, -0.1) is 24.8 Å². The molecule has 1 aromatic heterocycles. The molecule has 1 aliphatic rings.